The van der Waals surface area contributed by atoms with Gasteiger partial charge in [-0.05, 0) is 24.6 Å². The van der Waals surface area contributed by atoms with Crippen molar-refractivity contribution in [1.82, 2.24) is 0 Å². The smallest absolute Gasteiger partial charge is 0.0423 e. The second-order valence-corrected chi connectivity index (χ2v) is 3.69. The maximum Gasteiger partial charge on any atom is 0.0423 e. The molecule has 2 N–H and O–H groups in total. The Morgan fingerprint density at radius 3 is 2.60 bits per heavy atom. The lowest BCUT2D eigenvalue weighted by molar-refractivity contribution is 1.40. The van der Waals surface area contributed by atoms with Crippen molar-refractivity contribution in [3.63, 3.8) is 0 Å². The van der Waals surface area contributed by atoms with E-state index in [1.807, 2.05) is 32.1 Å². The van der Waals surface area contributed by atoms with Crippen molar-refractivity contribution in [3.05, 3.63) is 52.9 Å². The minimum atomic E-state index is 0.810. The van der Waals surface area contributed by atoms with E-state index in [1.54, 1.807) is 6.08 Å². The van der Waals surface area contributed by atoms with Crippen LogP contribution in [0.4, 0.5) is 5.69 Å². The van der Waals surface area contributed by atoms with Crippen LogP contribution in [-0.2, 0) is 0 Å². The molecule has 0 saturated carbocycles. The van der Waals surface area contributed by atoms with Gasteiger partial charge in [-0.1, -0.05) is 49.1 Å². The Bertz CT molecular complexity index is 507. The average molecular weight is 199 g/mol. The maximum atomic E-state index is 6.02. The van der Waals surface area contributed by atoms with Gasteiger partial charge in [0.15, 0.2) is 0 Å². The van der Waals surface area contributed by atoms with Crippen LogP contribution < -0.4 is 16.2 Å². The van der Waals surface area contributed by atoms with E-state index in [4.69, 9.17) is 5.73 Å². The van der Waals surface area contributed by atoms with Crippen molar-refractivity contribution in [2.75, 3.05) is 5.73 Å². The fraction of sp³-hybridized carbons (Fsp3) is 0.143. The number of hydrogen-bond acceptors (Lipinski definition) is 1. The topological polar surface area (TPSA) is 26.0 Å². The number of benzene rings is 1. The van der Waals surface area contributed by atoms with E-state index in [9.17, 15) is 0 Å². The van der Waals surface area contributed by atoms with Crippen LogP contribution in [0, 0.1) is 6.92 Å². The van der Waals surface area contributed by atoms with E-state index >= 15 is 0 Å². The summed E-state index contributed by atoms with van der Waals surface area (Å²) in [7, 11) is 0. The number of aryl methyl sites for hydroxylation is 1. The van der Waals surface area contributed by atoms with Gasteiger partial charge >= 0.3 is 0 Å². The highest BCUT2D eigenvalue weighted by Gasteiger charge is 1.95. The van der Waals surface area contributed by atoms with Crippen molar-refractivity contribution < 1.29 is 0 Å². The second kappa shape index (κ2) is 4.65. The van der Waals surface area contributed by atoms with E-state index in [1.165, 1.54) is 0 Å². The van der Waals surface area contributed by atoms with E-state index in [0.29, 0.717) is 0 Å². The molecule has 0 atom stereocenters. The SMILES string of the molecule is C=C/C=c1/c(N)c(C)cc/c1=C/C(=C)C. The molecular weight excluding hydrogens is 182 g/mol. The van der Waals surface area contributed by atoms with Gasteiger partial charge in [0.25, 0.3) is 0 Å². The van der Waals surface area contributed by atoms with Gasteiger partial charge in [0.1, 0.15) is 0 Å². The van der Waals surface area contributed by atoms with Crippen LogP contribution in [0.15, 0.2) is 36.9 Å². The molecule has 15 heavy (non-hydrogen) atoms. The van der Waals surface area contributed by atoms with Crippen LogP contribution in [0.1, 0.15) is 12.5 Å². The molecule has 1 heteroatoms. The maximum absolute atomic E-state index is 6.02. The minimum absolute atomic E-state index is 0.810. The molecule has 0 amide bonds. The van der Waals surface area contributed by atoms with Crippen LogP contribution in [0.5, 0.6) is 0 Å². The third-order valence-electron chi connectivity index (χ3n) is 2.23. The summed E-state index contributed by atoms with van der Waals surface area (Å²) in [6.07, 6.45) is 5.70. The molecule has 0 aliphatic carbocycles. The van der Waals surface area contributed by atoms with E-state index in [2.05, 4.69) is 19.2 Å². The fourth-order valence-corrected chi connectivity index (χ4v) is 1.46. The predicted octanol–water partition coefficient (Wildman–Crippen LogP) is 1.90. The Kier molecular flexibility index (Phi) is 3.51. The third kappa shape index (κ3) is 2.59. The number of hydrogen-bond donors (Lipinski definition) is 1. The van der Waals surface area contributed by atoms with Gasteiger partial charge < -0.3 is 5.73 Å². The van der Waals surface area contributed by atoms with Gasteiger partial charge in [-0.25, -0.2) is 0 Å². The molecule has 78 valence electrons. The number of nitrogens with two attached hydrogens (primary N) is 1. The second-order valence-electron chi connectivity index (χ2n) is 3.69. The van der Waals surface area contributed by atoms with Crippen molar-refractivity contribution in [2.24, 2.45) is 0 Å². The Morgan fingerprint density at radius 2 is 2.07 bits per heavy atom. The first-order valence-corrected chi connectivity index (χ1v) is 4.91. The Morgan fingerprint density at radius 1 is 1.40 bits per heavy atom. The molecular formula is C14H17N. The molecule has 1 rings (SSSR count). The van der Waals surface area contributed by atoms with Crippen molar-refractivity contribution in [1.29, 1.82) is 0 Å². The monoisotopic (exact) mass is 199 g/mol. The first kappa shape index (κ1) is 11.3. The van der Waals surface area contributed by atoms with Crippen LogP contribution in [0.3, 0.4) is 0 Å². The number of rotatable bonds is 2. The van der Waals surface area contributed by atoms with E-state index in [0.717, 1.165) is 27.3 Å². The van der Waals surface area contributed by atoms with Gasteiger partial charge in [-0.3, -0.25) is 0 Å². The lowest BCUT2D eigenvalue weighted by Crippen LogP contribution is -2.28. The van der Waals surface area contributed by atoms with Gasteiger partial charge in [-0.2, -0.15) is 0 Å². The molecule has 0 fully saturated rings. The molecule has 0 aliphatic heterocycles. The molecule has 0 saturated heterocycles. The highest BCUT2D eigenvalue weighted by molar-refractivity contribution is 5.57. The van der Waals surface area contributed by atoms with Crippen molar-refractivity contribution >= 4 is 17.8 Å². The number of nitrogen functional groups attached to an aromatic ring is 1. The van der Waals surface area contributed by atoms with Gasteiger partial charge in [0.05, 0.1) is 0 Å². The van der Waals surface area contributed by atoms with E-state index < -0.39 is 0 Å². The summed E-state index contributed by atoms with van der Waals surface area (Å²) in [5.74, 6) is 0. The van der Waals surface area contributed by atoms with Crippen LogP contribution in [-0.4, -0.2) is 0 Å². The zero-order valence-electron chi connectivity index (χ0n) is 9.38. The molecule has 0 aromatic heterocycles. The number of anilines is 1. The summed E-state index contributed by atoms with van der Waals surface area (Å²) in [6.45, 7) is 11.5. The normalized spacial score (nSPS) is 12.9. The fourth-order valence-electron chi connectivity index (χ4n) is 1.46. The Balaban J connectivity index is 3.70. The molecule has 1 nitrogen and oxygen atoms in total. The summed E-state index contributed by atoms with van der Waals surface area (Å²) in [5.41, 5.74) is 8.92. The zero-order valence-corrected chi connectivity index (χ0v) is 9.38. The molecule has 0 heterocycles. The molecule has 0 radical (unpaired) electrons. The first-order chi connectivity index (χ1) is 7.06. The van der Waals surface area contributed by atoms with Crippen molar-refractivity contribution in [3.8, 4) is 0 Å². The molecule has 0 spiro atoms. The van der Waals surface area contributed by atoms with Gasteiger partial charge in [0.2, 0.25) is 0 Å². The van der Waals surface area contributed by atoms with Crippen LogP contribution in [0.2, 0.25) is 0 Å². The largest absolute Gasteiger partial charge is 0.398 e. The lowest BCUT2D eigenvalue weighted by Gasteiger charge is -2.01. The zero-order chi connectivity index (χ0) is 11.4. The third-order valence-corrected chi connectivity index (χ3v) is 2.23. The van der Waals surface area contributed by atoms with Gasteiger partial charge in [0, 0.05) is 10.9 Å². The first-order valence-electron chi connectivity index (χ1n) is 4.91. The highest BCUT2D eigenvalue weighted by Crippen LogP contribution is 2.00. The Hall–Kier alpha value is -1.76. The molecule has 1 aromatic carbocycles. The van der Waals surface area contributed by atoms with Crippen LogP contribution >= 0.6 is 0 Å². The summed E-state index contributed by atoms with van der Waals surface area (Å²) in [6, 6.07) is 4.07. The quantitative estimate of drug-likeness (QED) is 0.723. The predicted molar refractivity (Wildman–Crippen MR) is 68.8 cm³/mol. The van der Waals surface area contributed by atoms with Gasteiger partial charge in [-0.15, -0.1) is 0 Å². The molecule has 0 aliphatic rings. The molecule has 1 aromatic rings. The highest BCUT2D eigenvalue weighted by atomic mass is 14.6. The number of allylic oxidation sites excluding steroid dienone is 2. The van der Waals surface area contributed by atoms with Crippen LogP contribution in [0.25, 0.3) is 12.2 Å². The molecule has 0 unspecified atom stereocenters. The molecule has 0 bridgehead atoms. The minimum Gasteiger partial charge on any atom is -0.398 e. The van der Waals surface area contributed by atoms with Crippen molar-refractivity contribution in [2.45, 2.75) is 13.8 Å². The summed E-state index contributed by atoms with van der Waals surface area (Å²) in [5, 5.41) is 2.11. The Labute approximate surface area is 90.9 Å². The summed E-state index contributed by atoms with van der Waals surface area (Å²) >= 11 is 0. The van der Waals surface area contributed by atoms with E-state index in [-0.39, 0.29) is 0 Å². The summed E-state index contributed by atoms with van der Waals surface area (Å²) in [4.78, 5) is 0. The summed E-state index contributed by atoms with van der Waals surface area (Å²) < 4.78 is 0. The lowest BCUT2D eigenvalue weighted by atomic mass is 10.1. The standard InChI is InChI=1S/C14H17N/c1-5-6-13-12(9-10(2)3)8-7-11(4)14(13)15/h5-9H,1-2,15H2,3-4H3/b12-9-,13-6+. The average Bonchev–Trinajstić information content (AvgIpc) is 2.17.